The molecule has 1 aromatic carbocycles. The van der Waals surface area contributed by atoms with E-state index in [0.717, 1.165) is 12.8 Å². The third-order valence-electron chi connectivity index (χ3n) is 4.15. The summed E-state index contributed by atoms with van der Waals surface area (Å²) in [7, 11) is -3.49. The molecule has 2 rings (SSSR count). The van der Waals surface area contributed by atoms with E-state index in [1.807, 2.05) is 13.8 Å². The number of sulfone groups is 1. The Kier molecular flexibility index (Phi) is 3.71. The fourth-order valence-corrected chi connectivity index (χ4v) is 4.85. The third kappa shape index (κ3) is 2.67. The fourth-order valence-electron chi connectivity index (χ4n) is 2.76. The molecule has 0 amide bonds. The lowest BCUT2D eigenvalue weighted by atomic mass is 9.73. The second-order valence-electron chi connectivity index (χ2n) is 5.94. The van der Waals surface area contributed by atoms with Crippen molar-refractivity contribution in [2.45, 2.75) is 49.3 Å². The highest BCUT2D eigenvalue weighted by Gasteiger charge is 2.43. The van der Waals surface area contributed by atoms with Crippen molar-refractivity contribution >= 4 is 9.84 Å². The first kappa shape index (κ1) is 14.5. The first-order chi connectivity index (χ1) is 8.75. The van der Waals surface area contributed by atoms with E-state index in [0.29, 0.717) is 6.42 Å². The summed E-state index contributed by atoms with van der Waals surface area (Å²) in [5.74, 6) is -0.438. The Morgan fingerprint density at radius 2 is 1.84 bits per heavy atom. The van der Waals surface area contributed by atoms with Gasteiger partial charge in [0, 0.05) is 6.04 Å². The van der Waals surface area contributed by atoms with Gasteiger partial charge in [0.1, 0.15) is 5.82 Å². The average molecular weight is 285 g/mol. The van der Waals surface area contributed by atoms with Crippen LogP contribution in [-0.4, -0.2) is 19.7 Å². The topological polar surface area (TPSA) is 60.2 Å². The first-order valence-corrected chi connectivity index (χ1v) is 8.05. The van der Waals surface area contributed by atoms with Crippen molar-refractivity contribution in [3.8, 4) is 0 Å². The third-order valence-corrected chi connectivity index (χ3v) is 6.41. The summed E-state index contributed by atoms with van der Waals surface area (Å²) in [4.78, 5) is 0.159. The van der Waals surface area contributed by atoms with E-state index in [-0.39, 0.29) is 10.3 Å². The van der Waals surface area contributed by atoms with Crippen LogP contribution in [0.4, 0.5) is 4.39 Å². The van der Waals surface area contributed by atoms with Crippen LogP contribution in [0.15, 0.2) is 29.2 Å². The van der Waals surface area contributed by atoms with Crippen molar-refractivity contribution in [1.82, 2.24) is 0 Å². The van der Waals surface area contributed by atoms with Gasteiger partial charge >= 0.3 is 0 Å². The minimum Gasteiger partial charge on any atom is -0.326 e. The highest BCUT2D eigenvalue weighted by molar-refractivity contribution is 7.92. The highest BCUT2D eigenvalue weighted by Crippen LogP contribution is 2.38. The SMILES string of the molecule is CC1(C)CCCC(S(=O)(=O)c2ccc(F)cc2)C1N. The molecule has 19 heavy (non-hydrogen) atoms. The summed E-state index contributed by atoms with van der Waals surface area (Å²) < 4.78 is 38.1. The van der Waals surface area contributed by atoms with Gasteiger partial charge in [0.2, 0.25) is 0 Å². The molecular weight excluding hydrogens is 265 g/mol. The van der Waals surface area contributed by atoms with E-state index >= 15 is 0 Å². The molecule has 1 aliphatic carbocycles. The number of hydrogen-bond acceptors (Lipinski definition) is 3. The standard InChI is InChI=1S/C14H20FNO2S/c1-14(2)9-3-4-12(13(14)16)19(17,18)11-7-5-10(15)6-8-11/h5-8,12-13H,3-4,9,16H2,1-2H3. The Bertz CT molecular complexity index is 551. The van der Waals surface area contributed by atoms with Gasteiger partial charge in [-0.3, -0.25) is 0 Å². The zero-order chi connectivity index (χ0) is 14.3. The monoisotopic (exact) mass is 285 g/mol. The maximum atomic E-state index is 12.9. The van der Waals surface area contributed by atoms with Crippen molar-refractivity contribution in [2.24, 2.45) is 11.1 Å². The molecule has 0 radical (unpaired) electrons. The van der Waals surface area contributed by atoms with Gasteiger partial charge in [-0.05, 0) is 42.5 Å². The summed E-state index contributed by atoms with van der Waals surface area (Å²) in [5, 5.41) is -0.582. The van der Waals surface area contributed by atoms with Gasteiger partial charge in [-0.2, -0.15) is 0 Å². The number of rotatable bonds is 2. The summed E-state index contributed by atoms with van der Waals surface area (Å²) in [6.45, 7) is 4.01. The molecular formula is C14H20FNO2S. The number of hydrogen-bond donors (Lipinski definition) is 1. The molecule has 0 saturated heterocycles. The molecule has 1 aliphatic rings. The van der Waals surface area contributed by atoms with Crippen LogP contribution in [0.3, 0.4) is 0 Å². The lowest BCUT2D eigenvalue weighted by Crippen LogP contribution is -2.52. The van der Waals surface area contributed by atoms with Crippen LogP contribution in [0, 0.1) is 11.2 Å². The van der Waals surface area contributed by atoms with Crippen LogP contribution >= 0.6 is 0 Å². The smallest absolute Gasteiger partial charge is 0.182 e. The van der Waals surface area contributed by atoms with E-state index in [1.165, 1.54) is 24.3 Å². The van der Waals surface area contributed by atoms with Crippen molar-refractivity contribution in [3.63, 3.8) is 0 Å². The van der Waals surface area contributed by atoms with Crippen LogP contribution in [0.2, 0.25) is 0 Å². The molecule has 1 aromatic rings. The van der Waals surface area contributed by atoms with Crippen LogP contribution in [-0.2, 0) is 9.84 Å². The molecule has 2 N–H and O–H groups in total. The second-order valence-corrected chi connectivity index (χ2v) is 8.11. The molecule has 0 bridgehead atoms. The second kappa shape index (κ2) is 4.87. The summed E-state index contributed by atoms with van der Waals surface area (Å²) in [6.07, 6.45) is 2.36. The summed E-state index contributed by atoms with van der Waals surface area (Å²) >= 11 is 0. The van der Waals surface area contributed by atoms with E-state index in [1.54, 1.807) is 0 Å². The fraction of sp³-hybridized carbons (Fsp3) is 0.571. The zero-order valence-corrected chi connectivity index (χ0v) is 12.1. The first-order valence-electron chi connectivity index (χ1n) is 6.50. The van der Waals surface area contributed by atoms with Gasteiger partial charge in [-0.1, -0.05) is 20.3 Å². The van der Waals surface area contributed by atoms with Crippen molar-refractivity contribution in [2.75, 3.05) is 0 Å². The van der Waals surface area contributed by atoms with Gasteiger partial charge in [-0.25, -0.2) is 12.8 Å². The maximum Gasteiger partial charge on any atom is 0.182 e. The number of benzene rings is 1. The van der Waals surface area contributed by atoms with E-state index in [9.17, 15) is 12.8 Å². The van der Waals surface area contributed by atoms with Crippen molar-refractivity contribution in [3.05, 3.63) is 30.1 Å². The van der Waals surface area contributed by atoms with Crippen LogP contribution in [0.5, 0.6) is 0 Å². The highest BCUT2D eigenvalue weighted by atomic mass is 32.2. The van der Waals surface area contributed by atoms with Gasteiger partial charge < -0.3 is 5.73 Å². The van der Waals surface area contributed by atoms with Crippen LogP contribution in [0.1, 0.15) is 33.1 Å². The molecule has 2 unspecified atom stereocenters. The molecule has 0 aromatic heterocycles. The molecule has 1 fully saturated rings. The normalized spacial score (nSPS) is 27.2. The van der Waals surface area contributed by atoms with Crippen molar-refractivity contribution in [1.29, 1.82) is 0 Å². The minimum absolute atomic E-state index is 0.159. The molecule has 2 atom stereocenters. The molecule has 0 spiro atoms. The largest absolute Gasteiger partial charge is 0.326 e. The Labute approximate surface area is 113 Å². The Morgan fingerprint density at radius 1 is 1.26 bits per heavy atom. The lowest BCUT2D eigenvalue weighted by molar-refractivity contribution is 0.204. The minimum atomic E-state index is -3.49. The quantitative estimate of drug-likeness (QED) is 0.849. The maximum absolute atomic E-state index is 12.9. The van der Waals surface area contributed by atoms with Crippen LogP contribution in [0.25, 0.3) is 0 Å². The average Bonchev–Trinajstić information content (AvgIpc) is 2.33. The lowest BCUT2D eigenvalue weighted by Gasteiger charge is -2.41. The molecule has 106 valence electrons. The molecule has 1 saturated carbocycles. The molecule has 0 heterocycles. The van der Waals surface area contributed by atoms with Crippen molar-refractivity contribution < 1.29 is 12.8 Å². The molecule has 5 heteroatoms. The van der Waals surface area contributed by atoms with E-state index in [2.05, 4.69) is 0 Å². The molecule has 3 nitrogen and oxygen atoms in total. The zero-order valence-electron chi connectivity index (χ0n) is 11.3. The summed E-state index contributed by atoms with van der Waals surface area (Å²) in [6, 6.07) is 4.59. The van der Waals surface area contributed by atoms with Gasteiger partial charge in [0.15, 0.2) is 9.84 Å². The van der Waals surface area contributed by atoms with E-state index < -0.39 is 26.9 Å². The molecule has 0 aliphatic heterocycles. The van der Waals surface area contributed by atoms with Gasteiger partial charge in [-0.15, -0.1) is 0 Å². The van der Waals surface area contributed by atoms with Gasteiger partial charge in [0.05, 0.1) is 10.1 Å². The predicted octanol–water partition coefficient (Wildman–Crippen LogP) is 2.51. The Morgan fingerprint density at radius 3 is 2.42 bits per heavy atom. The Balaban J connectivity index is 2.36. The Hall–Kier alpha value is -0.940. The number of halogens is 1. The number of nitrogens with two attached hydrogens (primary N) is 1. The summed E-state index contributed by atoms with van der Waals surface area (Å²) in [5.41, 5.74) is 5.97. The van der Waals surface area contributed by atoms with Gasteiger partial charge in [0.25, 0.3) is 0 Å². The van der Waals surface area contributed by atoms with Crippen LogP contribution < -0.4 is 5.73 Å². The van der Waals surface area contributed by atoms with E-state index in [4.69, 9.17) is 5.73 Å². The predicted molar refractivity (Wildman–Crippen MR) is 73.0 cm³/mol.